The van der Waals surface area contributed by atoms with Gasteiger partial charge in [0, 0.05) is 5.54 Å². The van der Waals surface area contributed by atoms with Gasteiger partial charge in [-0.3, -0.25) is 0 Å². The first-order valence-corrected chi connectivity index (χ1v) is 6.77. The molecule has 2 N–H and O–H groups in total. The minimum absolute atomic E-state index is 0.180. The lowest BCUT2D eigenvalue weighted by Gasteiger charge is -2.48. The topological polar surface area (TPSA) is 32.3 Å². The fourth-order valence-corrected chi connectivity index (χ4v) is 4.01. The molecule has 0 heterocycles. The van der Waals surface area contributed by atoms with E-state index in [-0.39, 0.29) is 5.54 Å². The minimum atomic E-state index is 0.180. The molecule has 0 saturated heterocycles. The van der Waals surface area contributed by atoms with E-state index >= 15 is 0 Å². The Labute approximate surface area is 103 Å². The Kier molecular flexibility index (Phi) is 2.62. The van der Waals surface area contributed by atoms with Crippen molar-refractivity contribution in [2.24, 2.45) is 5.92 Å². The fraction of sp³-hybridized carbons (Fsp3) is 0.600. The molecule has 1 aromatic rings. The van der Waals surface area contributed by atoms with Crippen LogP contribution in [0.15, 0.2) is 18.2 Å². The van der Waals surface area contributed by atoms with E-state index in [2.05, 4.69) is 18.4 Å². The SMILES string of the molecule is CNC12CCCCC1CCc1cc(O)ccc12. The second-order valence-corrected chi connectivity index (χ2v) is 5.54. The molecule has 0 amide bonds. The van der Waals surface area contributed by atoms with Crippen molar-refractivity contribution in [1.29, 1.82) is 0 Å². The Bertz CT molecular complexity index is 429. The van der Waals surface area contributed by atoms with Gasteiger partial charge >= 0.3 is 0 Å². The lowest BCUT2D eigenvalue weighted by atomic mass is 9.62. The number of nitrogens with one attached hydrogen (secondary N) is 1. The number of aryl methyl sites for hydroxylation is 1. The summed E-state index contributed by atoms with van der Waals surface area (Å²) in [4.78, 5) is 0. The van der Waals surface area contributed by atoms with Gasteiger partial charge in [0.1, 0.15) is 5.75 Å². The zero-order valence-corrected chi connectivity index (χ0v) is 10.5. The lowest BCUT2D eigenvalue weighted by Crippen LogP contribution is -2.51. The van der Waals surface area contributed by atoms with Crippen molar-refractivity contribution in [3.05, 3.63) is 29.3 Å². The molecule has 2 nitrogen and oxygen atoms in total. The van der Waals surface area contributed by atoms with E-state index in [0.29, 0.717) is 5.75 Å². The maximum atomic E-state index is 9.62. The highest BCUT2D eigenvalue weighted by molar-refractivity contribution is 5.42. The summed E-state index contributed by atoms with van der Waals surface area (Å²) in [7, 11) is 2.10. The predicted molar refractivity (Wildman–Crippen MR) is 69.1 cm³/mol. The molecule has 2 unspecified atom stereocenters. The zero-order chi connectivity index (χ0) is 11.9. The van der Waals surface area contributed by atoms with Gasteiger partial charge in [0.25, 0.3) is 0 Å². The molecule has 0 aromatic heterocycles. The number of aromatic hydroxyl groups is 1. The molecule has 2 aliphatic carbocycles. The van der Waals surface area contributed by atoms with Crippen molar-refractivity contribution < 1.29 is 5.11 Å². The van der Waals surface area contributed by atoms with Crippen molar-refractivity contribution in [3.63, 3.8) is 0 Å². The molecular formula is C15H21NO. The second kappa shape index (κ2) is 4.02. The van der Waals surface area contributed by atoms with E-state index in [1.807, 2.05) is 12.1 Å². The average molecular weight is 231 g/mol. The normalized spacial score (nSPS) is 31.7. The molecule has 2 aliphatic rings. The van der Waals surface area contributed by atoms with Crippen LogP contribution in [0.3, 0.4) is 0 Å². The number of rotatable bonds is 1. The van der Waals surface area contributed by atoms with E-state index < -0.39 is 0 Å². The molecule has 0 bridgehead atoms. The summed E-state index contributed by atoms with van der Waals surface area (Å²) in [5, 5.41) is 13.2. The van der Waals surface area contributed by atoms with Gasteiger partial charge in [0.05, 0.1) is 0 Å². The maximum absolute atomic E-state index is 9.62. The van der Waals surface area contributed by atoms with E-state index in [0.717, 1.165) is 12.3 Å². The Morgan fingerprint density at radius 3 is 3.00 bits per heavy atom. The van der Waals surface area contributed by atoms with Crippen LogP contribution in [0.2, 0.25) is 0 Å². The van der Waals surface area contributed by atoms with Crippen LogP contribution in [0.4, 0.5) is 0 Å². The summed E-state index contributed by atoms with van der Waals surface area (Å²) in [6.07, 6.45) is 7.67. The number of benzene rings is 1. The molecule has 17 heavy (non-hydrogen) atoms. The highest BCUT2D eigenvalue weighted by atomic mass is 16.3. The first-order valence-electron chi connectivity index (χ1n) is 6.77. The Balaban J connectivity index is 2.11. The number of hydrogen-bond donors (Lipinski definition) is 2. The van der Waals surface area contributed by atoms with Gasteiger partial charge in [0.2, 0.25) is 0 Å². The third-order valence-electron chi connectivity index (χ3n) is 4.85. The molecule has 0 radical (unpaired) electrons. The number of phenols is 1. The molecule has 2 heteroatoms. The highest BCUT2D eigenvalue weighted by Crippen LogP contribution is 2.48. The smallest absolute Gasteiger partial charge is 0.115 e. The number of phenolic OH excluding ortho intramolecular Hbond substituents is 1. The van der Waals surface area contributed by atoms with E-state index in [1.165, 1.54) is 43.2 Å². The summed E-state index contributed by atoms with van der Waals surface area (Å²) in [6, 6.07) is 5.94. The molecule has 1 aromatic carbocycles. The standard InChI is InChI=1S/C15H21NO/c1-16-15-9-3-2-4-12(15)6-5-11-10-13(17)7-8-14(11)15/h7-8,10,12,16-17H,2-6,9H2,1H3. The van der Waals surface area contributed by atoms with Gasteiger partial charge in [-0.15, -0.1) is 0 Å². The van der Waals surface area contributed by atoms with Crippen LogP contribution in [0.1, 0.15) is 43.2 Å². The van der Waals surface area contributed by atoms with Crippen LogP contribution in [0.5, 0.6) is 5.75 Å². The van der Waals surface area contributed by atoms with Gasteiger partial charge in [-0.2, -0.15) is 0 Å². The third kappa shape index (κ3) is 1.58. The average Bonchev–Trinajstić information content (AvgIpc) is 2.37. The maximum Gasteiger partial charge on any atom is 0.115 e. The number of fused-ring (bicyclic) bond motifs is 3. The summed E-state index contributed by atoms with van der Waals surface area (Å²) < 4.78 is 0. The van der Waals surface area contributed by atoms with E-state index in [9.17, 15) is 5.11 Å². The molecule has 0 aliphatic heterocycles. The van der Waals surface area contributed by atoms with Crippen LogP contribution in [0, 0.1) is 5.92 Å². The van der Waals surface area contributed by atoms with Gasteiger partial charge < -0.3 is 10.4 Å². The summed E-state index contributed by atoms with van der Waals surface area (Å²) in [5.41, 5.74) is 2.96. The molecule has 3 rings (SSSR count). The molecule has 1 saturated carbocycles. The van der Waals surface area contributed by atoms with Crippen LogP contribution in [-0.4, -0.2) is 12.2 Å². The summed E-state index contributed by atoms with van der Waals surface area (Å²) in [6.45, 7) is 0. The van der Waals surface area contributed by atoms with E-state index in [4.69, 9.17) is 0 Å². The van der Waals surface area contributed by atoms with Gasteiger partial charge in [-0.25, -0.2) is 0 Å². The van der Waals surface area contributed by atoms with Crippen molar-refractivity contribution in [1.82, 2.24) is 5.32 Å². The van der Waals surface area contributed by atoms with Crippen LogP contribution >= 0.6 is 0 Å². The quantitative estimate of drug-likeness (QED) is 0.779. The Morgan fingerprint density at radius 2 is 2.18 bits per heavy atom. The van der Waals surface area contributed by atoms with Crippen LogP contribution < -0.4 is 5.32 Å². The first kappa shape index (κ1) is 11.1. The minimum Gasteiger partial charge on any atom is -0.508 e. The van der Waals surface area contributed by atoms with Crippen molar-refractivity contribution in [2.75, 3.05) is 7.05 Å². The number of hydrogen-bond acceptors (Lipinski definition) is 2. The van der Waals surface area contributed by atoms with Crippen LogP contribution in [0.25, 0.3) is 0 Å². The van der Waals surface area contributed by atoms with E-state index in [1.54, 1.807) is 0 Å². The van der Waals surface area contributed by atoms with Crippen LogP contribution in [-0.2, 0) is 12.0 Å². The summed E-state index contributed by atoms with van der Waals surface area (Å²) in [5.74, 6) is 1.18. The largest absolute Gasteiger partial charge is 0.508 e. The predicted octanol–water partition coefficient (Wildman–Crippen LogP) is 2.94. The Morgan fingerprint density at radius 1 is 1.29 bits per heavy atom. The second-order valence-electron chi connectivity index (χ2n) is 5.54. The molecule has 2 atom stereocenters. The Hall–Kier alpha value is -1.02. The van der Waals surface area contributed by atoms with Crippen molar-refractivity contribution in [2.45, 2.75) is 44.1 Å². The fourth-order valence-electron chi connectivity index (χ4n) is 4.01. The van der Waals surface area contributed by atoms with Gasteiger partial charge in [-0.05, 0) is 61.9 Å². The summed E-state index contributed by atoms with van der Waals surface area (Å²) >= 11 is 0. The first-order chi connectivity index (χ1) is 8.26. The zero-order valence-electron chi connectivity index (χ0n) is 10.5. The molecular weight excluding hydrogens is 210 g/mol. The van der Waals surface area contributed by atoms with Crippen molar-refractivity contribution >= 4 is 0 Å². The molecule has 0 spiro atoms. The van der Waals surface area contributed by atoms with Crippen molar-refractivity contribution in [3.8, 4) is 5.75 Å². The molecule has 1 fully saturated rings. The lowest BCUT2D eigenvalue weighted by molar-refractivity contribution is 0.129. The highest BCUT2D eigenvalue weighted by Gasteiger charge is 2.44. The van der Waals surface area contributed by atoms with Gasteiger partial charge in [0.15, 0.2) is 0 Å². The third-order valence-corrected chi connectivity index (χ3v) is 4.85. The van der Waals surface area contributed by atoms with Gasteiger partial charge in [-0.1, -0.05) is 18.9 Å². The molecule has 92 valence electrons. The monoisotopic (exact) mass is 231 g/mol.